The van der Waals surface area contributed by atoms with Crippen LogP contribution in [0, 0.1) is 5.92 Å². The Kier molecular flexibility index (Phi) is 10.2. The summed E-state index contributed by atoms with van der Waals surface area (Å²) in [5.74, 6) is -2.61. The maximum atomic E-state index is 13.1. The average molecular weight is 427 g/mol. The lowest BCUT2D eigenvalue weighted by molar-refractivity contribution is -0.187. The largest absolute Gasteiger partial charge is 0.465 e. The fraction of sp³-hybridized carbons (Fsp3) is 0.375. The van der Waals surface area contributed by atoms with Gasteiger partial charge in [0.1, 0.15) is 19.1 Å². The molecule has 7 nitrogen and oxygen atoms in total. The first-order valence-corrected chi connectivity index (χ1v) is 10.4. The Bertz CT molecular complexity index is 824. The van der Waals surface area contributed by atoms with Gasteiger partial charge in [-0.25, -0.2) is 4.79 Å². The standard InChI is InChI=1S/C24H29NO6/c1-3-5-16-21(23(27)29-4-2)22(26)25(31-18-20-14-10-7-11-15-20)24(28)30-17-19-12-8-6-9-13-19/h6-15,21H,3-5,16-18H2,1-2H3. The van der Waals surface area contributed by atoms with E-state index < -0.39 is 23.9 Å². The number of nitrogens with zero attached hydrogens (tertiary/aromatic N) is 1. The van der Waals surface area contributed by atoms with Crippen LogP contribution in [0.1, 0.15) is 44.2 Å². The van der Waals surface area contributed by atoms with Crippen molar-refractivity contribution < 1.29 is 28.7 Å². The van der Waals surface area contributed by atoms with Gasteiger partial charge < -0.3 is 9.47 Å². The van der Waals surface area contributed by atoms with E-state index in [0.717, 1.165) is 17.5 Å². The zero-order chi connectivity index (χ0) is 22.5. The molecule has 0 saturated carbocycles. The first kappa shape index (κ1) is 24.1. The highest BCUT2D eigenvalue weighted by Crippen LogP contribution is 2.17. The van der Waals surface area contributed by atoms with Crippen molar-refractivity contribution in [1.82, 2.24) is 5.06 Å². The van der Waals surface area contributed by atoms with Crippen molar-refractivity contribution in [3.63, 3.8) is 0 Å². The summed E-state index contributed by atoms with van der Waals surface area (Å²) in [6.45, 7) is 3.69. The maximum Gasteiger partial charge on any atom is 0.441 e. The lowest BCUT2D eigenvalue weighted by Crippen LogP contribution is -2.44. The Hall–Kier alpha value is -3.19. The molecular formula is C24H29NO6. The number of hydrogen-bond donors (Lipinski definition) is 0. The molecule has 2 rings (SSSR count). The molecule has 0 radical (unpaired) electrons. The van der Waals surface area contributed by atoms with Crippen LogP contribution in [0.5, 0.6) is 0 Å². The molecule has 0 aromatic heterocycles. The van der Waals surface area contributed by atoms with Gasteiger partial charge in [-0.3, -0.25) is 14.4 Å². The number of carbonyl (C=O) groups excluding carboxylic acids is 3. The number of ether oxygens (including phenoxy) is 2. The number of benzene rings is 2. The third kappa shape index (κ3) is 7.86. The quantitative estimate of drug-likeness (QED) is 0.295. The van der Waals surface area contributed by atoms with E-state index in [9.17, 15) is 14.4 Å². The van der Waals surface area contributed by atoms with Crippen molar-refractivity contribution in [2.45, 2.75) is 46.3 Å². The van der Waals surface area contributed by atoms with Crippen LogP contribution in [0.4, 0.5) is 4.79 Å². The van der Waals surface area contributed by atoms with Crippen molar-refractivity contribution >= 4 is 18.0 Å². The van der Waals surface area contributed by atoms with Crippen LogP contribution in [-0.4, -0.2) is 29.6 Å². The normalized spacial score (nSPS) is 11.4. The fourth-order valence-corrected chi connectivity index (χ4v) is 2.83. The van der Waals surface area contributed by atoms with Crippen molar-refractivity contribution in [3.8, 4) is 0 Å². The monoisotopic (exact) mass is 427 g/mol. The summed E-state index contributed by atoms with van der Waals surface area (Å²) in [4.78, 5) is 43.8. The Morgan fingerprint density at radius 1 is 0.839 bits per heavy atom. The highest BCUT2D eigenvalue weighted by molar-refractivity contribution is 6.02. The van der Waals surface area contributed by atoms with Crippen LogP contribution >= 0.6 is 0 Å². The summed E-state index contributed by atoms with van der Waals surface area (Å²) < 4.78 is 10.3. The lowest BCUT2D eigenvalue weighted by atomic mass is 10.0. The number of esters is 1. The van der Waals surface area contributed by atoms with E-state index in [4.69, 9.17) is 14.3 Å². The van der Waals surface area contributed by atoms with E-state index in [1.807, 2.05) is 43.3 Å². The van der Waals surface area contributed by atoms with Crippen LogP contribution in [0.2, 0.25) is 0 Å². The second kappa shape index (κ2) is 13.2. The topological polar surface area (TPSA) is 82.1 Å². The summed E-state index contributed by atoms with van der Waals surface area (Å²) in [5, 5.41) is 0.549. The Morgan fingerprint density at radius 3 is 1.97 bits per heavy atom. The van der Waals surface area contributed by atoms with Gasteiger partial charge in [-0.1, -0.05) is 80.4 Å². The summed E-state index contributed by atoms with van der Waals surface area (Å²) in [7, 11) is 0. The molecule has 0 aliphatic rings. The molecule has 0 fully saturated rings. The van der Waals surface area contributed by atoms with Crippen molar-refractivity contribution in [3.05, 3.63) is 71.8 Å². The fourth-order valence-electron chi connectivity index (χ4n) is 2.83. The second-order valence-corrected chi connectivity index (χ2v) is 6.88. The highest BCUT2D eigenvalue weighted by atomic mass is 16.7. The SMILES string of the molecule is CCCCC(C(=O)OCC)C(=O)N(OCc1ccccc1)C(=O)OCc1ccccc1. The molecule has 0 spiro atoms. The number of hydroxylamine groups is 2. The average Bonchev–Trinajstić information content (AvgIpc) is 2.79. The number of hydrogen-bond acceptors (Lipinski definition) is 6. The summed E-state index contributed by atoms with van der Waals surface area (Å²) in [5.41, 5.74) is 1.52. The van der Waals surface area contributed by atoms with E-state index in [-0.39, 0.29) is 26.2 Å². The van der Waals surface area contributed by atoms with Crippen LogP contribution < -0.4 is 0 Å². The van der Waals surface area contributed by atoms with Gasteiger partial charge in [-0.15, -0.1) is 5.06 Å². The molecule has 1 unspecified atom stereocenters. The minimum atomic E-state index is -1.14. The molecule has 0 saturated heterocycles. The molecule has 2 aromatic rings. The van der Waals surface area contributed by atoms with Crippen molar-refractivity contribution in [2.24, 2.45) is 5.92 Å². The number of unbranched alkanes of at least 4 members (excludes halogenated alkanes) is 1. The Morgan fingerprint density at radius 2 is 1.42 bits per heavy atom. The van der Waals surface area contributed by atoms with Gasteiger partial charge in [-0.2, -0.15) is 0 Å². The zero-order valence-corrected chi connectivity index (χ0v) is 18.0. The van der Waals surface area contributed by atoms with Gasteiger partial charge in [0.05, 0.1) is 6.61 Å². The van der Waals surface area contributed by atoms with E-state index in [1.165, 1.54) is 0 Å². The molecule has 0 aliphatic carbocycles. The van der Waals surface area contributed by atoms with E-state index in [1.54, 1.807) is 31.2 Å². The molecule has 0 aliphatic heterocycles. The number of rotatable bonds is 11. The second-order valence-electron chi connectivity index (χ2n) is 6.88. The van der Waals surface area contributed by atoms with Crippen LogP contribution in [0.25, 0.3) is 0 Å². The van der Waals surface area contributed by atoms with Crippen LogP contribution in [0.15, 0.2) is 60.7 Å². The van der Waals surface area contributed by atoms with Gasteiger partial charge in [-0.05, 0) is 24.5 Å². The Balaban J connectivity index is 2.17. The lowest BCUT2D eigenvalue weighted by Gasteiger charge is -2.23. The molecule has 31 heavy (non-hydrogen) atoms. The molecule has 166 valence electrons. The number of imide groups is 1. The predicted molar refractivity (Wildman–Crippen MR) is 114 cm³/mol. The first-order valence-electron chi connectivity index (χ1n) is 10.4. The molecule has 0 N–H and O–H groups in total. The smallest absolute Gasteiger partial charge is 0.441 e. The zero-order valence-electron chi connectivity index (χ0n) is 18.0. The third-order valence-electron chi connectivity index (χ3n) is 4.49. The highest BCUT2D eigenvalue weighted by Gasteiger charge is 2.36. The van der Waals surface area contributed by atoms with Crippen LogP contribution in [-0.2, 0) is 37.1 Å². The van der Waals surface area contributed by atoms with E-state index in [0.29, 0.717) is 11.5 Å². The summed E-state index contributed by atoms with van der Waals surface area (Å²) in [6.07, 6.45) is 0.689. The minimum Gasteiger partial charge on any atom is -0.465 e. The van der Waals surface area contributed by atoms with Crippen molar-refractivity contribution in [2.75, 3.05) is 6.61 Å². The molecule has 0 bridgehead atoms. The third-order valence-corrected chi connectivity index (χ3v) is 4.49. The van der Waals surface area contributed by atoms with Gasteiger partial charge in [0.2, 0.25) is 0 Å². The van der Waals surface area contributed by atoms with Crippen molar-refractivity contribution in [1.29, 1.82) is 0 Å². The summed E-state index contributed by atoms with van der Waals surface area (Å²) >= 11 is 0. The van der Waals surface area contributed by atoms with Gasteiger partial charge in [0.15, 0.2) is 0 Å². The van der Waals surface area contributed by atoms with E-state index >= 15 is 0 Å². The molecule has 7 heteroatoms. The first-order chi connectivity index (χ1) is 15.1. The number of carbonyl (C=O) groups is 3. The molecule has 2 amide bonds. The molecule has 2 aromatic carbocycles. The summed E-state index contributed by atoms with van der Waals surface area (Å²) in [6, 6.07) is 18.2. The molecule has 1 atom stereocenters. The predicted octanol–water partition coefficient (Wildman–Crippen LogP) is 4.65. The Labute approximate surface area is 182 Å². The number of amides is 2. The van der Waals surface area contributed by atoms with Gasteiger partial charge in [0, 0.05) is 0 Å². The molecular weight excluding hydrogens is 398 g/mol. The van der Waals surface area contributed by atoms with Gasteiger partial charge in [0.25, 0.3) is 5.91 Å². The van der Waals surface area contributed by atoms with E-state index in [2.05, 4.69) is 0 Å². The maximum absolute atomic E-state index is 13.1. The molecule has 0 heterocycles. The minimum absolute atomic E-state index is 0.0306. The van der Waals surface area contributed by atoms with Gasteiger partial charge >= 0.3 is 12.1 Å². The van der Waals surface area contributed by atoms with Crippen LogP contribution in [0.3, 0.4) is 0 Å².